The first kappa shape index (κ1) is 17.3. The summed E-state index contributed by atoms with van der Waals surface area (Å²) in [5, 5.41) is 0.598. The molecule has 3 aliphatic heterocycles. The molecule has 1 aromatic carbocycles. The predicted molar refractivity (Wildman–Crippen MR) is 97.9 cm³/mol. The van der Waals surface area contributed by atoms with Crippen LogP contribution < -0.4 is 4.90 Å². The number of esters is 1. The van der Waals surface area contributed by atoms with Crippen LogP contribution in [0.5, 0.6) is 0 Å². The van der Waals surface area contributed by atoms with Crippen LogP contribution in [-0.4, -0.2) is 36.2 Å². The van der Waals surface area contributed by atoms with E-state index in [9.17, 15) is 9.59 Å². The molecule has 3 aliphatic rings. The largest absolute Gasteiger partial charge is 0.466 e. The Morgan fingerprint density at radius 1 is 1.42 bits per heavy atom. The fraction of sp³-hybridized carbons (Fsp3) is 0.400. The van der Waals surface area contributed by atoms with Gasteiger partial charge in [0.2, 0.25) is 5.91 Å². The van der Waals surface area contributed by atoms with Crippen molar-refractivity contribution in [1.82, 2.24) is 0 Å². The number of benzene rings is 1. The van der Waals surface area contributed by atoms with E-state index in [1.165, 1.54) is 0 Å². The Hall–Kier alpha value is -2.11. The first-order valence-corrected chi connectivity index (χ1v) is 9.14. The molecule has 0 aliphatic carbocycles. The number of anilines is 1. The van der Waals surface area contributed by atoms with Crippen molar-refractivity contribution in [2.75, 3.05) is 11.5 Å². The summed E-state index contributed by atoms with van der Waals surface area (Å²) >= 11 is 5.99. The van der Waals surface area contributed by atoms with Gasteiger partial charge in [-0.25, -0.2) is 0 Å². The molecule has 1 aromatic rings. The second-order valence-electron chi connectivity index (χ2n) is 6.78. The highest BCUT2D eigenvalue weighted by Gasteiger charge is 2.71. The summed E-state index contributed by atoms with van der Waals surface area (Å²) in [6.07, 6.45) is 5.74. The second-order valence-corrected chi connectivity index (χ2v) is 7.21. The fourth-order valence-electron chi connectivity index (χ4n) is 4.51. The molecule has 0 N–H and O–H groups in total. The van der Waals surface area contributed by atoms with Gasteiger partial charge in [0, 0.05) is 10.7 Å². The molecule has 6 heteroatoms. The topological polar surface area (TPSA) is 55.8 Å². The number of hydrogen-bond donors (Lipinski definition) is 0. The molecule has 0 unspecified atom stereocenters. The van der Waals surface area contributed by atoms with E-state index in [-0.39, 0.29) is 24.5 Å². The summed E-state index contributed by atoms with van der Waals surface area (Å²) in [7, 11) is 0. The molecule has 4 rings (SSSR count). The summed E-state index contributed by atoms with van der Waals surface area (Å²) in [5.74, 6) is -1.70. The van der Waals surface area contributed by atoms with Crippen molar-refractivity contribution in [2.24, 2.45) is 11.8 Å². The summed E-state index contributed by atoms with van der Waals surface area (Å²) in [6, 6.07) is 6.85. The Labute approximate surface area is 157 Å². The van der Waals surface area contributed by atoms with Crippen molar-refractivity contribution < 1.29 is 19.1 Å². The molecule has 0 radical (unpaired) electrons. The van der Waals surface area contributed by atoms with Crippen LogP contribution in [0.15, 0.2) is 49.1 Å². The van der Waals surface area contributed by atoms with Crippen LogP contribution in [0.25, 0.3) is 0 Å². The van der Waals surface area contributed by atoms with Gasteiger partial charge < -0.3 is 14.4 Å². The number of carbonyl (C=O) groups excluding carboxylic acids is 2. The molecule has 0 saturated carbocycles. The lowest BCUT2D eigenvalue weighted by Crippen LogP contribution is -2.45. The number of fused-ring (bicyclic) bond motifs is 1. The number of carbonyl (C=O) groups is 2. The first-order valence-electron chi connectivity index (χ1n) is 8.77. The van der Waals surface area contributed by atoms with Crippen molar-refractivity contribution in [3.05, 3.63) is 54.1 Å². The highest BCUT2D eigenvalue weighted by atomic mass is 35.5. The van der Waals surface area contributed by atoms with Crippen molar-refractivity contribution in [3.63, 3.8) is 0 Å². The fourth-order valence-corrected chi connectivity index (χ4v) is 4.64. The van der Waals surface area contributed by atoms with Crippen molar-refractivity contribution in [2.45, 2.75) is 31.1 Å². The zero-order chi connectivity index (χ0) is 18.5. The van der Waals surface area contributed by atoms with Gasteiger partial charge in [-0.3, -0.25) is 9.59 Å². The zero-order valence-corrected chi connectivity index (χ0v) is 15.2. The van der Waals surface area contributed by atoms with E-state index in [1.54, 1.807) is 30.0 Å². The maximum Gasteiger partial charge on any atom is 0.312 e. The van der Waals surface area contributed by atoms with Crippen molar-refractivity contribution in [3.8, 4) is 0 Å². The molecule has 1 amide bonds. The Morgan fingerprint density at radius 3 is 2.81 bits per heavy atom. The van der Waals surface area contributed by atoms with Crippen LogP contribution in [0.4, 0.5) is 5.69 Å². The Kier molecular flexibility index (Phi) is 4.16. The summed E-state index contributed by atoms with van der Waals surface area (Å²) < 4.78 is 11.4. The highest BCUT2D eigenvalue weighted by molar-refractivity contribution is 6.30. The third-order valence-corrected chi connectivity index (χ3v) is 5.73. The maximum absolute atomic E-state index is 13.4. The summed E-state index contributed by atoms with van der Waals surface area (Å²) in [4.78, 5) is 27.6. The van der Waals surface area contributed by atoms with E-state index >= 15 is 0 Å². The van der Waals surface area contributed by atoms with Gasteiger partial charge in [0.15, 0.2) is 0 Å². The first-order chi connectivity index (χ1) is 12.5. The lowest BCUT2D eigenvalue weighted by Gasteiger charge is -2.32. The lowest BCUT2D eigenvalue weighted by atomic mass is 9.74. The van der Waals surface area contributed by atoms with E-state index in [0.29, 0.717) is 11.4 Å². The number of rotatable bonds is 5. The molecule has 2 fully saturated rings. The number of halogens is 1. The smallest absolute Gasteiger partial charge is 0.312 e. The van der Waals surface area contributed by atoms with Gasteiger partial charge in [-0.15, -0.1) is 6.58 Å². The van der Waals surface area contributed by atoms with E-state index in [0.717, 1.165) is 5.69 Å². The normalized spacial score (nSPS) is 34.2. The minimum Gasteiger partial charge on any atom is -0.466 e. The average molecular weight is 374 g/mol. The van der Waals surface area contributed by atoms with Crippen LogP contribution in [0.2, 0.25) is 5.02 Å². The molecule has 3 heterocycles. The molecule has 26 heavy (non-hydrogen) atoms. The summed E-state index contributed by atoms with van der Waals surface area (Å²) in [5.41, 5.74) is -0.0920. The number of ether oxygens (including phenoxy) is 2. The summed E-state index contributed by atoms with van der Waals surface area (Å²) in [6.45, 7) is 5.87. The zero-order valence-electron chi connectivity index (χ0n) is 14.4. The molecule has 1 spiro atoms. The van der Waals surface area contributed by atoms with Gasteiger partial charge >= 0.3 is 5.97 Å². The SMILES string of the molecule is C=CC[C@@H]1N(c2ccc(Cl)cc2)C(=O)[C@@H]2[C@@H](C(=O)OCC)[C@@H]3C=C[C@@]21O3. The number of amides is 1. The Morgan fingerprint density at radius 2 is 2.15 bits per heavy atom. The average Bonchev–Trinajstić information content (AvgIpc) is 3.26. The highest BCUT2D eigenvalue weighted by Crippen LogP contribution is 2.56. The van der Waals surface area contributed by atoms with Gasteiger partial charge in [0.25, 0.3) is 0 Å². The maximum atomic E-state index is 13.4. The van der Waals surface area contributed by atoms with Crippen LogP contribution in [-0.2, 0) is 19.1 Å². The van der Waals surface area contributed by atoms with Gasteiger partial charge in [-0.2, -0.15) is 0 Å². The minimum atomic E-state index is -0.826. The molecule has 2 bridgehead atoms. The van der Waals surface area contributed by atoms with E-state index < -0.39 is 23.5 Å². The van der Waals surface area contributed by atoms with Crippen LogP contribution >= 0.6 is 11.6 Å². The predicted octanol–water partition coefficient (Wildman–Crippen LogP) is 3.13. The molecule has 5 nitrogen and oxygen atoms in total. The molecular formula is C20H20ClNO4. The van der Waals surface area contributed by atoms with Crippen molar-refractivity contribution in [1.29, 1.82) is 0 Å². The molecular weight excluding hydrogens is 354 g/mol. The molecule has 136 valence electrons. The lowest BCUT2D eigenvalue weighted by molar-refractivity contribution is -0.151. The van der Waals surface area contributed by atoms with Gasteiger partial charge in [0.1, 0.15) is 11.5 Å². The molecule has 0 aromatic heterocycles. The van der Waals surface area contributed by atoms with Crippen LogP contribution in [0.3, 0.4) is 0 Å². The molecule has 5 atom stereocenters. The van der Waals surface area contributed by atoms with Crippen LogP contribution in [0.1, 0.15) is 13.3 Å². The monoisotopic (exact) mass is 373 g/mol. The standard InChI is InChI=1S/C20H20ClNO4/c1-3-5-15-20-11-10-14(26-20)16(19(24)25-4-2)17(20)18(23)22(15)13-8-6-12(21)7-9-13/h3,6-11,14-17H,1,4-5H2,2H3/t14-,15-,16-,17-,20-/m0/s1. The van der Waals surface area contributed by atoms with Gasteiger partial charge in [-0.1, -0.05) is 29.8 Å². The third-order valence-electron chi connectivity index (χ3n) is 5.48. The second kappa shape index (κ2) is 6.25. The third kappa shape index (κ3) is 2.27. The Balaban J connectivity index is 1.78. The number of nitrogens with zero attached hydrogens (tertiary/aromatic N) is 1. The van der Waals surface area contributed by atoms with Crippen molar-refractivity contribution >= 4 is 29.2 Å². The minimum absolute atomic E-state index is 0.121. The van der Waals surface area contributed by atoms with E-state index in [4.69, 9.17) is 21.1 Å². The quantitative estimate of drug-likeness (QED) is 0.587. The Bertz CT molecular complexity index is 790. The van der Waals surface area contributed by atoms with Crippen LogP contribution in [0, 0.1) is 11.8 Å². The number of hydrogen-bond acceptors (Lipinski definition) is 4. The molecule has 2 saturated heterocycles. The van der Waals surface area contributed by atoms with E-state index in [1.807, 2.05) is 24.3 Å². The van der Waals surface area contributed by atoms with Gasteiger partial charge in [0.05, 0.1) is 24.7 Å². The van der Waals surface area contributed by atoms with Gasteiger partial charge in [-0.05, 0) is 37.6 Å². The van der Waals surface area contributed by atoms with E-state index in [2.05, 4.69) is 6.58 Å².